The molecule has 0 amide bonds. The van der Waals surface area contributed by atoms with Crippen molar-refractivity contribution >= 4 is 27.6 Å². The SMILES string of the molecule is CCc1cnccc1-n1c(=O)n(C)c2cnc3cc(NC)c(-c4cnn(CC)c4)cc3c21. The zero-order chi connectivity index (χ0) is 22.4. The van der Waals surface area contributed by atoms with Gasteiger partial charge in [-0.1, -0.05) is 6.92 Å². The number of aryl methyl sites for hydroxylation is 3. The smallest absolute Gasteiger partial charge is 0.333 e. The van der Waals surface area contributed by atoms with Crippen LogP contribution in [-0.4, -0.2) is 35.9 Å². The molecule has 0 radical (unpaired) electrons. The molecule has 4 aromatic heterocycles. The second-order valence-corrected chi connectivity index (χ2v) is 7.78. The lowest BCUT2D eigenvalue weighted by atomic mass is 10.0. The van der Waals surface area contributed by atoms with Crippen LogP contribution in [0.4, 0.5) is 5.69 Å². The maximum absolute atomic E-state index is 13.4. The summed E-state index contributed by atoms with van der Waals surface area (Å²) in [6.07, 6.45) is 10.0. The van der Waals surface area contributed by atoms with Gasteiger partial charge in [-0.2, -0.15) is 5.10 Å². The molecule has 0 aliphatic rings. The van der Waals surface area contributed by atoms with Gasteiger partial charge in [0, 0.05) is 61.4 Å². The van der Waals surface area contributed by atoms with Crippen molar-refractivity contribution in [2.24, 2.45) is 7.05 Å². The van der Waals surface area contributed by atoms with Gasteiger partial charge < -0.3 is 5.32 Å². The maximum Gasteiger partial charge on any atom is 0.333 e. The van der Waals surface area contributed by atoms with Gasteiger partial charge in [-0.25, -0.2) is 4.79 Å². The molecular formula is C24H25N7O. The number of benzene rings is 1. The van der Waals surface area contributed by atoms with Gasteiger partial charge in [-0.05, 0) is 37.1 Å². The minimum atomic E-state index is -0.103. The largest absolute Gasteiger partial charge is 0.388 e. The molecule has 0 aliphatic heterocycles. The van der Waals surface area contributed by atoms with Crippen LogP contribution in [0.3, 0.4) is 0 Å². The Bertz CT molecular complexity index is 1520. The van der Waals surface area contributed by atoms with Crippen molar-refractivity contribution in [3.8, 4) is 16.8 Å². The Morgan fingerprint density at radius 1 is 1.12 bits per heavy atom. The second-order valence-electron chi connectivity index (χ2n) is 7.78. The third-order valence-corrected chi connectivity index (χ3v) is 6.06. The first-order valence-electron chi connectivity index (χ1n) is 10.7. The molecule has 0 aliphatic carbocycles. The fourth-order valence-electron chi connectivity index (χ4n) is 4.30. The van der Waals surface area contributed by atoms with Crippen LogP contribution < -0.4 is 11.0 Å². The summed E-state index contributed by atoms with van der Waals surface area (Å²) in [5.74, 6) is 0. The van der Waals surface area contributed by atoms with E-state index in [9.17, 15) is 4.79 Å². The molecule has 0 saturated carbocycles. The summed E-state index contributed by atoms with van der Waals surface area (Å²) in [6.45, 7) is 4.93. The van der Waals surface area contributed by atoms with Crippen LogP contribution in [0, 0.1) is 0 Å². The molecule has 0 bridgehead atoms. The minimum absolute atomic E-state index is 0.103. The number of hydrogen-bond donors (Lipinski definition) is 1. The molecule has 0 fully saturated rings. The summed E-state index contributed by atoms with van der Waals surface area (Å²) in [4.78, 5) is 22.3. The molecule has 0 saturated heterocycles. The lowest BCUT2D eigenvalue weighted by Gasteiger charge is -2.13. The van der Waals surface area contributed by atoms with Crippen molar-refractivity contribution in [3.05, 3.63) is 65.2 Å². The Labute approximate surface area is 185 Å². The topological polar surface area (TPSA) is 82.6 Å². The van der Waals surface area contributed by atoms with E-state index in [1.165, 1.54) is 0 Å². The molecular weight excluding hydrogens is 402 g/mol. The van der Waals surface area contributed by atoms with Gasteiger partial charge in [0.2, 0.25) is 0 Å². The second kappa shape index (κ2) is 7.64. The Hall–Kier alpha value is -3.94. The first-order valence-corrected chi connectivity index (χ1v) is 10.7. The van der Waals surface area contributed by atoms with Crippen LogP contribution in [0.15, 0.2) is 54.0 Å². The maximum atomic E-state index is 13.4. The number of aromatic nitrogens is 6. The molecule has 162 valence electrons. The zero-order valence-corrected chi connectivity index (χ0v) is 18.6. The molecule has 1 aromatic carbocycles. The Balaban J connectivity index is 1.91. The number of pyridine rings is 2. The molecule has 8 heteroatoms. The lowest BCUT2D eigenvalue weighted by molar-refractivity contribution is 0.660. The Kier molecular flexibility index (Phi) is 4.77. The van der Waals surface area contributed by atoms with Gasteiger partial charge in [0.25, 0.3) is 0 Å². The highest BCUT2D eigenvalue weighted by atomic mass is 16.1. The van der Waals surface area contributed by atoms with Gasteiger partial charge in [0.05, 0.1) is 34.6 Å². The zero-order valence-electron chi connectivity index (χ0n) is 18.6. The molecule has 5 aromatic rings. The van der Waals surface area contributed by atoms with Gasteiger partial charge in [0.1, 0.15) is 0 Å². The summed E-state index contributed by atoms with van der Waals surface area (Å²) in [7, 11) is 3.69. The molecule has 0 spiro atoms. The van der Waals surface area contributed by atoms with Crippen molar-refractivity contribution in [2.75, 3.05) is 12.4 Å². The average molecular weight is 428 g/mol. The van der Waals surface area contributed by atoms with E-state index in [1.54, 1.807) is 28.6 Å². The molecule has 32 heavy (non-hydrogen) atoms. The first kappa shape index (κ1) is 20.0. The van der Waals surface area contributed by atoms with Crippen LogP contribution in [0.5, 0.6) is 0 Å². The fraction of sp³-hybridized carbons (Fsp3) is 0.250. The van der Waals surface area contributed by atoms with Crippen LogP contribution in [0.1, 0.15) is 19.4 Å². The number of fused-ring (bicyclic) bond motifs is 3. The van der Waals surface area contributed by atoms with Crippen molar-refractivity contribution in [1.82, 2.24) is 28.9 Å². The van der Waals surface area contributed by atoms with Crippen molar-refractivity contribution in [1.29, 1.82) is 0 Å². The van der Waals surface area contributed by atoms with E-state index in [2.05, 4.69) is 40.3 Å². The number of imidazole rings is 1. The highest BCUT2D eigenvalue weighted by molar-refractivity contribution is 6.06. The van der Waals surface area contributed by atoms with E-state index in [0.29, 0.717) is 0 Å². The highest BCUT2D eigenvalue weighted by Crippen LogP contribution is 2.35. The quantitative estimate of drug-likeness (QED) is 0.462. The van der Waals surface area contributed by atoms with Crippen LogP contribution >= 0.6 is 0 Å². The van der Waals surface area contributed by atoms with E-state index in [-0.39, 0.29) is 5.69 Å². The Morgan fingerprint density at radius 3 is 2.69 bits per heavy atom. The van der Waals surface area contributed by atoms with E-state index < -0.39 is 0 Å². The highest BCUT2D eigenvalue weighted by Gasteiger charge is 2.19. The molecule has 0 unspecified atom stereocenters. The van der Waals surface area contributed by atoms with Gasteiger partial charge in [-0.15, -0.1) is 0 Å². The number of nitrogens with zero attached hydrogens (tertiary/aromatic N) is 6. The van der Waals surface area contributed by atoms with E-state index in [0.717, 1.165) is 63.0 Å². The molecule has 8 nitrogen and oxygen atoms in total. The number of hydrogen-bond acceptors (Lipinski definition) is 5. The first-order chi connectivity index (χ1) is 15.6. The standard InChI is InChI=1S/C24H25N7O/c1-5-15-11-26-8-7-21(15)31-23-18-9-17(16-12-28-30(6-2)14-16)19(25-3)10-20(18)27-13-22(23)29(4)24(31)32/h7-14,25H,5-6H2,1-4H3. The van der Waals surface area contributed by atoms with E-state index in [4.69, 9.17) is 0 Å². The van der Waals surface area contributed by atoms with Gasteiger partial charge in [-0.3, -0.25) is 23.8 Å². The Morgan fingerprint density at radius 2 is 1.97 bits per heavy atom. The molecule has 0 atom stereocenters. The summed E-state index contributed by atoms with van der Waals surface area (Å²) in [5, 5.41) is 8.64. The van der Waals surface area contributed by atoms with E-state index in [1.807, 2.05) is 42.5 Å². The van der Waals surface area contributed by atoms with Crippen molar-refractivity contribution < 1.29 is 0 Å². The lowest BCUT2D eigenvalue weighted by Crippen LogP contribution is -2.21. The summed E-state index contributed by atoms with van der Waals surface area (Å²) in [6, 6.07) is 6.04. The monoisotopic (exact) mass is 427 g/mol. The normalized spacial score (nSPS) is 11.5. The predicted molar refractivity (Wildman–Crippen MR) is 127 cm³/mol. The summed E-state index contributed by atoms with van der Waals surface area (Å²) >= 11 is 0. The summed E-state index contributed by atoms with van der Waals surface area (Å²) < 4.78 is 5.35. The van der Waals surface area contributed by atoms with Gasteiger partial charge in [0.15, 0.2) is 0 Å². The molecule has 1 N–H and O–H groups in total. The predicted octanol–water partition coefficient (Wildman–Crippen LogP) is 3.76. The van der Waals surface area contributed by atoms with Crippen LogP contribution in [0.25, 0.3) is 38.8 Å². The van der Waals surface area contributed by atoms with Crippen LogP contribution in [0.2, 0.25) is 0 Å². The molecule has 4 heterocycles. The van der Waals surface area contributed by atoms with Gasteiger partial charge >= 0.3 is 5.69 Å². The summed E-state index contributed by atoms with van der Waals surface area (Å²) in [5.41, 5.74) is 7.20. The minimum Gasteiger partial charge on any atom is -0.388 e. The number of rotatable bonds is 5. The average Bonchev–Trinajstić information content (AvgIpc) is 3.41. The third kappa shape index (κ3) is 2.90. The number of anilines is 1. The fourth-order valence-corrected chi connectivity index (χ4v) is 4.30. The molecule has 5 rings (SSSR count). The van der Waals surface area contributed by atoms with E-state index >= 15 is 0 Å². The van der Waals surface area contributed by atoms with Crippen LogP contribution in [-0.2, 0) is 20.0 Å². The third-order valence-electron chi connectivity index (χ3n) is 6.06. The van der Waals surface area contributed by atoms with Crippen molar-refractivity contribution in [2.45, 2.75) is 26.8 Å². The van der Waals surface area contributed by atoms with Crippen molar-refractivity contribution in [3.63, 3.8) is 0 Å². The number of nitrogens with one attached hydrogen (secondary N) is 1.